The molecule has 5 nitrogen and oxygen atoms in total. The van der Waals surface area contributed by atoms with Crippen LogP contribution in [-0.2, 0) is 10.0 Å². The van der Waals surface area contributed by atoms with Crippen molar-refractivity contribution in [1.82, 2.24) is 4.72 Å². The van der Waals surface area contributed by atoms with E-state index in [4.69, 9.17) is 4.42 Å². The zero-order valence-corrected chi connectivity index (χ0v) is 12.1. The van der Waals surface area contributed by atoms with Gasteiger partial charge >= 0.3 is 0 Å². The third kappa shape index (κ3) is 3.60. The minimum Gasteiger partial charge on any atom is -0.451 e. The Kier molecular flexibility index (Phi) is 4.44. The molecule has 0 saturated carbocycles. The van der Waals surface area contributed by atoms with Crippen molar-refractivity contribution in [3.8, 4) is 0 Å². The van der Waals surface area contributed by atoms with Crippen LogP contribution >= 0.6 is 0 Å². The molecule has 1 N–H and O–H groups in total. The number of rotatable bonds is 6. The van der Waals surface area contributed by atoms with Crippen LogP contribution in [0, 0.1) is 0 Å². The maximum Gasteiger partial charge on any atom is 0.300 e. The molecule has 0 bridgehead atoms. The van der Waals surface area contributed by atoms with Gasteiger partial charge in [0.2, 0.25) is 10.0 Å². The van der Waals surface area contributed by atoms with Gasteiger partial charge in [0.1, 0.15) is 5.58 Å². The minimum absolute atomic E-state index is 0.00488. The lowest BCUT2D eigenvalue weighted by atomic mass is 10.2. The van der Waals surface area contributed by atoms with E-state index in [0.717, 1.165) is 18.2 Å². The number of amides is 1. The smallest absolute Gasteiger partial charge is 0.300 e. The van der Waals surface area contributed by atoms with Crippen LogP contribution in [0.15, 0.2) is 34.7 Å². The van der Waals surface area contributed by atoms with Crippen LogP contribution in [0.4, 0.5) is 0 Å². The average molecular weight is 295 g/mol. The maximum absolute atomic E-state index is 11.9. The van der Waals surface area contributed by atoms with Gasteiger partial charge in [-0.3, -0.25) is 4.79 Å². The van der Waals surface area contributed by atoms with E-state index in [2.05, 4.69) is 0 Å². The number of furan rings is 1. The van der Waals surface area contributed by atoms with Crippen LogP contribution in [0.3, 0.4) is 0 Å². The van der Waals surface area contributed by atoms with Crippen LogP contribution in [0.2, 0.25) is 0 Å². The van der Waals surface area contributed by atoms with Crippen LogP contribution in [0.25, 0.3) is 11.0 Å². The second kappa shape index (κ2) is 6.09. The molecule has 2 aromatic rings. The fourth-order valence-corrected chi connectivity index (χ4v) is 2.95. The second-order valence-corrected chi connectivity index (χ2v) is 6.45. The van der Waals surface area contributed by atoms with Gasteiger partial charge in [-0.15, -0.1) is 0 Å². The van der Waals surface area contributed by atoms with Crippen molar-refractivity contribution in [2.24, 2.45) is 0 Å². The first kappa shape index (κ1) is 14.6. The highest BCUT2D eigenvalue weighted by atomic mass is 32.2. The summed E-state index contributed by atoms with van der Waals surface area (Å²) in [5.74, 6) is -0.768. The van der Waals surface area contributed by atoms with Crippen molar-refractivity contribution in [3.05, 3.63) is 36.1 Å². The zero-order valence-electron chi connectivity index (χ0n) is 11.3. The average Bonchev–Trinajstić information content (AvgIpc) is 2.82. The fraction of sp³-hybridized carbons (Fsp3) is 0.357. The number of para-hydroxylation sites is 1. The lowest BCUT2D eigenvalue weighted by Gasteiger charge is -2.04. The molecular formula is C14H17NO4S. The highest BCUT2D eigenvalue weighted by Gasteiger charge is 2.18. The highest BCUT2D eigenvalue weighted by molar-refractivity contribution is 7.90. The third-order valence-electron chi connectivity index (χ3n) is 2.91. The minimum atomic E-state index is -3.60. The molecule has 1 heterocycles. The lowest BCUT2D eigenvalue weighted by Crippen LogP contribution is -2.32. The van der Waals surface area contributed by atoms with Gasteiger partial charge in [-0.05, 0) is 18.6 Å². The van der Waals surface area contributed by atoms with Crippen molar-refractivity contribution in [2.75, 3.05) is 5.75 Å². The van der Waals surface area contributed by atoms with Crippen LogP contribution in [-0.4, -0.2) is 20.1 Å². The predicted octanol–water partition coefficient (Wildman–Crippen LogP) is 2.68. The Bertz CT molecular complexity index is 670. The summed E-state index contributed by atoms with van der Waals surface area (Å²) in [6.45, 7) is 1.99. The Hall–Kier alpha value is -1.82. The summed E-state index contributed by atoms with van der Waals surface area (Å²) in [6, 6.07) is 8.66. The molecular weight excluding hydrogens is 278 g/mol. The molecule has 20 heavy (non-hydrogen) atoms. The van der Waals surface area contributed by atoms with Gasteiger partial charge in [-0.1, -0.05) is 38.0 Å². The summed E-state index contributed by atoms with van der Waals surface area (Å²) in [7, 11) is -3.60. The predicted molar refractivity (Wildman–Crippen MR) is 77.0 cm³/mol. The molecule has 0 radical (unpaired) electrons. The molecule has 1 aromatic carbocycles. The largest absolute Gasteiger partial charge is 0.451 e. The molecule has 0 atom stereocenters. The number of fused-ring (bicyclic) bond motifs is 1. The Morgan fingerprint density at radius 2 is 2.00 bits per heavy atom. The van der Waals surface area contributed by atoms with Crippen LogP contribution in [0.1, 0.15) is 36.7 Å². The fourth-order valence-electron chi connectivity index (χ4n) is 1.88. The molecule has 2 rings (SSSR count). The van der Waals surface area contributed by atoms with Gasteiger partial charge in [-0.25, -0.2) is 13.1 Å². The summed E-state index contributed by atoms with van der Waals surface area (Å²) in [6.07, 6.45) is 2.28. The molecule has 1 amide bonds. The number of benzene rings is 1. The molecule has 6 heteroatoms. The Morgan fingerprint density at radius 3 is 2.70 bits per heavy atom. The van der Waals surface area contributed by atoms with E-state index in [1.807, 2.05) is 17.7 Å². The molecule has 0 unspecified atom stereocenters. The molecule has 1 aromatic heterocycles. The third-order valence-corrected chi connectivity index (χ3v) is 4.24. The number of unbranched alkanes of at least 4 members (excludes halogenated alkanes) is 2. The van der Waals surface area contributed by atoms with Crippen molar-refractivity contribution in [1.29, 1.82) is 0 Å². The normalized spacial score (nSPS) is 11.7. The summed E-state index contributed by atoms with van der Waals surface area (Å²) in [4.78, 5) is 11.9. The maximum atomic E-state index is 11.9. The first-order valence-electron chi connectivity index (χ1n) is 6.55. The van der Waals surface area contributed by atoms with Crippen LogP contribution in [0.5, 0.6) is 0 Å². The standard InChI is InChI=1S/C14H17NO4S/c1-2-3-6-9-20(17,18)15-14(16)13-10-11-7-4-5-8-12(11)19-13/h4-5,7-8,10H,2-3,6,9H2,1H3,(H,15,16). The second-order valence-electron chi connectivity index (χ2n) is 4.61. The molecule has 0 saturated heterocycles. The van der Waals surface area contributed by atoms with Gasteiger partial charge in [0.15, 0.2) is 5.76 Å². The van der Waals surface area contributed by atoms with Gasteiger partial charge in [0.05, 0.1) is 5.75 Å². The Balaban J connectivity index is 2.07. The SMILES string of the molecule is CCCCCS(=O)(=O)NC(=O)c1cc2ccccc2o1. The van der Waals surface area contributed by atoms with Crippen LogP contribution < -0.4 is 4.72 Å². The van der Waals surface area contributed by atoms with E-state index in [1.54, 1.807) is 18.2 Å². The zero-order chi connectivity index (χ0) is 14.6. The first-order chi connectivity index (χ1) is 9.52. The number of nitrogens with one attached hydrogen (secondary N) is 1. The van der Waals surface area contributed by atoms with E-state index in [9.17, 15) is 13.2 Å². The van der Waals surface area contributed by atoms with Gasteiger partial charge in [-0.2, -0.15) is 0 Å². The monoisotopic (exact) mass is 295 g/mol. The molecule has 0 aliphatic rings. The Morgan fingerprint density at radius 1 is 1.25 bits per heavy atom. The molecule has 0 aliphatic heterocycles. The summed E-state index contributed by atoms with van der Waals surface area (Å²) in [5, 5.41) is 0.765. The molecule has 0 fully saturated rings. The quantitative estimate of drug-likeness (QED) is 0.831. The van der Waals surface area contributed by atoms with E-state index < -0.39 is 15.9 Å². The Labute approximate surface area is 118 Å². The van der Waals surface area contributed by atoms with Gasteiger partial charge in [0, 0.05) is 5.39 Å². The van der Waals surface area contributed by atoms with E-state index in [1.165, 1.54) is 6.07 Å². The van der Waals surface area contributed by atoms with E-state index in [-0.39, 0.29) is 11.5 Å². The van der Waals surface area contributed by atoms with Crippen molar-refractivity contribution in [3.63, 3.8) is 0 Å². The number of carbonyl (C=O) groups excluding carboxylic acids is 1. The van der Waals surface area contributed by atoms with Crippen molar-refractivity contribution in [2.45, 2.75) is 26.2 Å². The number of carbonyl (C=O) groups is 1. The van der Waals surface area contributed by atoms with E-state index >= 15 is 0 Å². The first-order valence-corrected chi connectivity index (χ1v) is 8.20. The number of hydrogen-bond acceptors (Lipinski definition) is 4. The molecule has 0 aliphatic carbocycles. The number of hydrogen-bond donors (Lipinski definition) is 1. The van der Waals surface area contributed by atoms with Gasteiger partial charge < -0.3 is 4.42 Å². The summed E-state index contributed by atoms with van der Waals surface area (Å²) >= 11 is 0. The topological polar surface area (TPSA) is 76.4 Å². The number of sulfonamides is 1. The lowest BCUT2D eigenvalue weighted by molar-refractivity contribution is 0.0956. The molecule has 108 valence electrons. The molecule has 0 spiro atoms. The summed E-state index contributed by atoms with van der Waals surface area (Å²) in [5.41, 5.74) is 0.557. The highest BCUT2D eigenvalue weighted by Crippen LogP contribution is 2.18. The van der Waals surface area contributed by atoms with E-state index in [0.29, 0.717) is 12.0 Å². The van der Waals surface area contributed by atoms with Gasteiger partial charge in [0.25, 0.3) is 5.91 Å². The van der Waals surface area contributed by atoms with Crippen molar-refractivity contribution >= 4 is 26.9 Å². The summed E-state index contributed by atoms with van der Waals surface area (Å²) < 4.78 is 30.8. The van der Waals surface area contributed by atoms with Crippen molar-refractivity contribution < 1.29 is 17.6 Å².